The molecule has 0 saturated carbocycles. The Morgan fingerprint density at radius 3 is 2.27 bits per heavy atom. The Balaban J connectivity index is 1.93. The molecule has 3 aromatic rings. The third-order valence-corrected chi connectivity index (χ3v) is 4.25. The summed E-state index contributed by atoms with van der Waals surface area (Å²) in [6, 6.07) is 19.6. The number of carboxylic acids is 1. The zero-order valence-corrected chi connectivity index (χ0v) is 15.1. The topological polar surface area (TPSA) is 58.6 Å². The van der Waals surface area contributed by atoms with Crippen LogP contribution in [0.25, 0.3) is 0 Å². The molecule has 0 heterocycles. The highest BCUT2D eigenvalue weighted by molar-refractivity contribution is 6.39. The summed E-state index contributed by atoms with van der Waals surface area (Å²) in [6.07, 6.45) is -0.170. The first-order valence-electron chi connectivity index (χ1n) is 7.81. The molecular formula is C20H15Cl2NO3. The van der Waals surface area contributed by atoms with E-state index in [1.54, 1.807) is 36.4 Å². The maximum atomic E-state index is 11.3. The van der Waals surface area contributed by atoms with E-state index in [1.807, 2.05) is 30.3 Å². The fourth-order valence-electron chi connectivity index (χ4n) is 2.44. The van der Waals surface area contributed by atoms with Gasteiger partial charge < -0.3 is 15.2 Å². The van der Waals surface area contributed by atoms with E-state index in [4.69, 9.17) is 27.9 Å². The average Bonchev–Trinajstić information content (AvgIpc) is 2.60. The first-order valence-corrected chi connectivity index (χ1v) is 8.57. The first-order chi connectivity index (χ1) is 12.5. The fourth-order valence-corrected chi connectivity index (χ4v) is 2.93. The fraction of sp³-hybridized carbons (Fsp3) is 0.0500. The summed E-state index contributed by atoms with van der Waals surface area (Å²) >= 11 is 12.4. The second-order valence-electron chi connectivity index (χ2n) is 5.53. The van der Waals surface area contributed by atoms with Crippen molar-refractivity contribution < 1.29 is 14.6 Å². The van der Waals surface area contributed by atoms with Crippen molar-refractivity contribution in [3.05, 3.63) is 82.3 Å². The van der Waals surface area contributed by atoms with Crippen LogP contribution in [0.2, 0.25) is 10.0 Å². The molecule has 3 aromatic carbocycles. The van der Waals surface area contributed by atoms with E-state index in [-0.39, 0.29) is 6.42 Å². The molecule has 0 spiro atoms. The van der Waals surface area contributed by atoms with Crippen LogP contribution >= 0.6 is 23.2 Å². The Bertz CT molecular complexity index is 909. The number of ether oxygens (including phenoxy) is 1. The van der Waals surface area contributed by atoms with Crippen molar-refractivity contribution in [2.75, 3.05) is 5.32 Å². The zero-order chi connectivity index (χ0) is 18.5. The van der Waals surface area contributed by atoms with E-state index in [2.05, 4.69) is 5.32 Å². The smallest absolute Gasteiger partial charge is 0.307 e. The molecule has 3 rings (SSSR count). The van der Waals surface area contributed by atoms with Gasteiger partial charge in [-0.3, -0.25) is 4.79 Å². The lowest BCUT2D eigenvalue weighted by atomic mass is 10.1. The number of hydrogen-bond acceptors (Lipinski definition) is 3. The summed E-state index contributed by atoms with van der Waals surface area (Å²) in [5.74, 6) is 0.266. The van der Waals surface area contributed by atoms with E-state index in [9.17, 15) is 9.90 Å². The normalized spacial score (nSPS) is 10.4. The maximum absolute atomic E-state index is 11.3. The minimum atomic E-state index is -0.949. The SMILES string of the molecule is O=C(O)Cc1cc(Oc2ccccc2)ccc1Nc1c(Cl)cccc1Cl. The molecule has 132 valence electrons. The van der Waals surface area contributed by atoms with E-state index in [0.717, 1.165) is 0 Å². The molecule has 26 heavy (non-hydrogen) atoms. The molecule has 0 amide bonds. The molecule has 0 aliphatic rings. The molecule has 0 aliphatic carbocycles. The van der Waals surface area contributed by atoms with Gasteiger partial charge in [0.15, 0.2) is 0 Å². The van der Waals surface area contributed by atoms with Crippen molar-refractivity contribution in [3.63, 3.8) is 0 Å². The summed E-state index contributed by atoms with van der Waals surface area (Å²) < 4.78 is 5.78. The second-order valence-corrected chi connectivity index (χ2v) is 6.34. The number of nitrogens with one attached hydrogen (secondary N) is 1. The van der Waals surface area contributed by atoms with Crippen LogP contribution in [0.15, 0.2) is 66.7 Å². The van der Waals surface area contributed by atoms with E-state index < -0.39 is 5.97 Å². The Hall–Kier alpha value is -2.69. The van der Waals surface area contributed by atoms with Crippen LogP contribution in [0, 0.1) is 0 Å². The quantitative estimate of drug-likeness (QED) is 0.531. The number of aliphatic carboxylic acids is 1. The van der Waals surface area contributed by atoms with Crippen molar-refractivity contribution >= 4 is 40.5 Å². The highest BCUT2D eigenvalue weighted by atomic mass is 35.5. The van der Waals surface area contributed by atoms with Gasteiger partial charge in [-0.15, -0.1) is 0 Å². The van der Waals surface area contributed by atoms with Gasteiger partial charge >= 0.3 is 5.97 Å². The van der Waals surface area contributed by atoms with Crippen LogP contribution in [-0.2, 0) is 11.2 Å². The Kier molecular flexibility index (Phi) is 5.66. The summed E-state index contributed by atoms with van der Waals surface area (Å²) in [5, 5.41) is 13.2. The standard InChI is InChI=1S/C20H15Cl2NO3/c21-16-7-4-8-17(22)20(16)23-18-10-9-15(11-13(18)12-19(24)25)26-14-5-2-1-3-6-14/h1-11,23H,12H2,(H,24,25). The number of carboxylic acid groups (broad SMARTS) is 1. The minimum absolute atomic E-state index is 0.170. The number of para-hydroxylation sites is 2. The third-order valence-electron chi connectivity index (χ3n) is 3.62. The monoisotopic (exact) mass is 387 g/mol. The van der Waals surface area contributed by atoms with Crippen molar-refractivity contribution in [3.8, 4) is 11.5 Å². The Morgan fingerprint density at radius 2 is 1.62 bits per heavy atom. The summed E-state index contributed by atoms with van der Waals surface area (Å²) in [5.41, 5.74) is 1.68. The largest absolute Gasteiger partial charge is 0.481 e. The predicted octanol–water partition coefficient (Wildman–Crippen LogP) is 6.16. The van der Waals surface area contributed by atoms with Gasteiger partial charge in [0.05, 0.1) is 22.2 Å². The lowest BCUT2D eigenvalue weighted by molar-refractivity contribution is -0.136. The van der Waals surface area contributed by atoms with E-state index >= 15 is 0 Å². The van der Waals surface area contributed by atoms with Gasteiger partial charge in [0, 0.05) is 5.69 Å². The third kappa shape index (κ3) is 4.48. The predicted molar refractivity (Wildman–Crippen MR) is 104 cm³/mol. The van der Waals surface area contributed by atoms with Gasteiger partial charge in [0.1, 0.15) is 11.5 Å². The Labute approximate surface area is 161 Å². The number of carbonyl (C=O) groups is 1. The molecule has 0 saturated heterocycles. The van der Waals surface area contributed by atoms with Crippen LogP contribution in [0.4, 0.5) is 11.4 Å². The number of halogens is 2. The van der Waals surface area contributed by atoms with Crippen molar-refractivity contribution in [1.82, 2.24) is 0 Å². The molecule has 0 atom stereocenters. The molecule has 0 aromatic heterocycles. The van der Waals surface area contributed by atoms with Gasteiger partial charge in [-0.1, -0.05) is 47.5 Å². The second kappa shape index (κ2) is 8.13. The summed E-state index contributed by atoms with van der Waals surface area (Å²) in [7, 11) is 0. The molecule has 6 heteroatoms. The Morgan fingerprint density at radius 1 is 0.923 bits per heavy atom. The van der Waals surface area contributed by atoms with E-state index in [0.29, 0.717) is 38.5 Å². The van der Waals surface area contributed by atoms with Gasteiger partial charge in [-0.05, 0) is 48.0 Å². The lowest BCUT2D eigenvalue weighted by Crippen LogP contribution is -2.04. The minimum Gasteiger partial charge on any atom is -0.481 e. The molecule has 0 bridgehead atoms. The van der Waals surface area contributed by atoms with Gasteiger partial charge in [0.2, 0.25) is 0 Å². The number of rotatable bonds is 6. The summed E-state index contributed by atoms with van der Waals surface area (Å²) in [6.45, 7) is 0. The number of anilines is 2. The number of benzene rings is 3. The molecule has 2 N–H and O–H groups in total. The lowest BCUT2D eigenvalue weighted by Gasteiger charge is -2.15. The van der Waals surface area contributed by atoms with Crippen LogP contribution in [0.3, 0.4) is 0 Å². The summed E-state index contributed by atoms with van der Waals surface area (Å²) in [4.78, 5) is 11.3. The van der Waals surface area contributed by atoms with Crippen molar-refractivity contribution in [2.45, 2.75) is 6.42 Å². The van der Waals surface area contributed by atoms with E-state index in [1.165, 1.54) is 0 Å². The van der Waals surface area contributed by atoms with Crippen LogP contribution in [0.5, 0.6) is 11.5 Å². The molecule has 0 radical (unpaired) electrons. The molecular weight excluding hydrogens is 373 g/mol. The van der Waals surface area contributed by atoms with Crippen molar-refractivity contribution in [2.24, 2.45) is 0 Å². The zero-order valence-electron chi connectivity index (χ0n) is 13.6. The highest BCUT2D eigenvalue weighted by Crippen LogP contribution is 2.35. The van der Waals surface area contributed by atoms with Gasteiger partial charge in [-0.2, -0.15) is 0 Å². The van der Waals surface area contributed by atoms with Crippen LogP contribution < -0.4 is 10.1 Å². The molecule has 0 fully saturated rings. The highest BCUT2D eigenvalue weighted by Gasteiger charge is 2.12. The van der Waals surface area contributed by atoms with Crippen LogP contribution in [0.1, 0.15) is 5.56 Å². The maximum Gasteiger partial charge on any atom is 0.307 e. The molecule has 0 aliphatic heterocycles. The molecule has 0 unspecified atom stereocenters. The molecule has 4 nitrogen and oxygen atoms in total. The van der Waals surface area contributed by atoms with Gasteiger partial charge in [0.25, 0.3) is 0 Å². The number of hydrogen-bond donors (Lipinski definition) is 2. The van der Waals surface area contributed by atoms with Crippen molar-refractivity contribution in [1.29, 1.82) is 0 Å². The average molecular weight is 388 g/mol. The van der Waals surface area contributed by atoms with Gasteiger partial charge in [-0.25, -0.2) is 0 Å². The van der Waals surface area contributed by atoms with Crippen LogP contribution in [-0.4, -0.2) is 11.1 Å². The first kappa shape index (κ1) is 18.1.